The monoisotopic (exact) mass is 387 g/mol. The zero-order valence-corrected chi connectivity index (χ0v) is 17.4. The fraction of sp³-hybridized carbons (Fsp3) is 0.913. The Morgan fingerprint density at radius 2 is 1.71 bits per heavy atom. The topological polar surface area (TPSA) is 43.9 Å². The maximum Gasteiger partial charge on any atom is 0.222 e. The number of amides is 2. The van der Waals surface area contributed by atoms with Gasteiger partial charge in [0.2, 0.25) is 11.8 Å². The van der Waals surface area contributed by atoms with Crippen molar-refractivity contribution >= 4 is 11.8 Å². The van der Waals surface area contributed by atoms with Crippen molar-refractivity contribution in [1.29, 1.82) is 0 Å². The van der Waals surface area contributed by atoms with Gasteiger partial charge in [0.05, 0.1) is 0 Å². The second-order valence-corrected chi connectivity index (χ2v) is 10.3. The molecule has 5 heteroatoms. The Morgan fingerprint density at radius 3 is 2.50 bits per heavy atom. The quantitative estimate of drug-likeness (QED) is 0.748. The number of hydrogen-bond acceptors (Lipinski definition) is 3. The Balaban J connectivity index is 1.14. The van der Waals surface area contributed by atoms with E-state index in [4.69, 9.17) is 0 Å². The lowest BCUT2D eigenvalue weighted by Gasteiger charge is -2.54. The maximum absolute atomic E-state index is 12.7. The number of nitrogens with zero attached hydrogens (tertiary/aromatic N) is 3. The number of piperidine rings is 4. The van der Waals surface area contributed by atoms with Crippen molar-refractivity contribution in [3.63, 3.8) is 0 Å². The molecule has 5 fully saturated rings. The average molecular weight is 388 g/mol. The van der Waals surface area contributed by atoms with Crippen LogP contribution in [0.4, 0.5) is 0 Å². The molecule has 5 nitrogen and oxygen atoms in total. The van der Waals surface area contributed by atoms with E-state index in [0.29, 0.717) is 41.7 Å². The van der Waals surface area contributed by atoms with Gasteiger partial charge in [-0.15, -0.1) is 0 Å². The molecule has 1 saturated carbocycles. The predicted octanol–water partition coefficient (Wildman–Crippen LogP) is 2.89. The van der Waals surface area contributed by atoms with Gasteiger partial charge in [-0.05, 0) is 62.7 Å². The minimum absolute atomic E-state index is 0.411. The van der Waals surface area contributed by atoms with Gasteiger partial charge in [-0.25, -0.2) is 0 Å². The molecule has 4 saturated heterocycles. The largest absolute Gasteiger partial charge is 0.343 e. The van der Waals surface area contributed by atoms with E-state index in [1.165, 1.54) is 45.1 Å². The van der Waals surface area contributed by atoms with Gasteiger partial charge >= 0.3 is 0 Å². The summed E-state index contributed by atoms with van der Waals surface area (Å²) in [6, 6.07) is 1.15. The van der Waals surface area contributed by atoms with Crippen LogP contribution in [0.5, 0.6) is 0 Å². The summed E-state index contributed by atoms with van der Waals surface area (Å²) in [5.41, 5.74) is 0. The first-order valence-corrected chi connectivity index (χ1v) is 12.0. The molecule has 5 rings (SSSR count). The summed E-state index contributed by atoms with van der Waals surface area (Å²) >= 11 is 0. The van der Waals surface area contributed by atoms with E-state index in [0.717, 1.165) is 58.3 Å². The number of carbonyl (C=O) groups excluding carboxylic acids is 2. The van der Waals surface area contributed by atoms with Crippen LogP contribution < -0.4 is 0 Å². The molecular formula is C23H37N3O2. The lowest BCUT2D eigenvalue weighted by atomic mass is 9.75. The molecule has 5 aliphatic rings. The molecule has 28 heavy (non-hydrogen) atoms. The van der Waals surface area contributed by atoms with E-state index in [-0.39, 0.29) is 0 Å². The van der Waals surface area contributed by atoms with E-state index in [9.17, 15) is 9.59 Å². The molecule has 2 unspecified atom stereocenters. The van der Waals surface area contributed by atoms with Gasteiger partial charge < -0.3 is 9.80 Å². The van der Waals surface area contributed by atoms with Gasteiger partial charge in [-0.3, -0.25) is 14.5 Å². The van der Waals surface area contributed by atoms with E-state index in [2.05, 4.69) is 14.7 Å². The van der Waals surface area contributed by atoms with Crippen LogP contribution in [-0.2, 0) is 9.59 Å². The molecule has 0 aromatic heterocycles. The number of fused-ring (bicyclic) bond motifs is 4. The summed E-state index contributed by atoms with van der Waals surface area (Å²) in [5.74, 6) is 2.83. The van der Waals surface area contributed by atoms with Crippen molar-refractivity contribution < 1.29 is 9.59 Å². The number of rotatable bonds is 3. The Kier molecular flexibility index (Phi) is 5.38. The summed E-state index contributed by atoms with van der Waals surface area (Å²) < 4.78 is 0. The van der Waals surface area contributed by atoms with E-state index < -0.39 is 0 Å². The van der Waals surface area contributed by atoms with Crippen LogP contribution in [0.2, 0.25) is 0 Å². The highest BCUT2D eigenvalue weighted by atomic mass is 16.2. The molecule has 0 radical (unpaired) electrons. The maximum atomic E-state index is 12.7. The van der Waals surface area contributed by atoms with Crippen molar-refractivity contribution in [1.82, 2.24) is 14.7 Å². The summed E-state index contributed by atoms with van der Waals surface area (Å²) in [7, 11) is 0. The van der Waals surface area contributed by atoms with Gasteiger partial charge in [-0.1, -0.05) is 12.8 Å². The zero-order valence-electron chi connectivity index (χ0n) is 17.4. The lowest BCUT2D eigenvalue weighted by molar-refractivity contribution is -0.146. The fourth-order valence-corrected chi connectivity index (χ4v) is 7.02. The van der Waals surface area contributed by atoms with Gasteiger partial charge in [0.25, 0.3) is 0 Å². The van der Waals surface area contributed by atoms with E-state index in [1.807, 2.05) is 0 Å². The van der Waals surface area contributed by atoms with Gasteiger partial charge in [0, 0.05) is 57.6 Å². The molecular weight excluding hydrogens is 350 g/mol. The molecule has 0 N–H and O–H groups in total. The Morgan fingerprint density at radius 1 is 0.929 bits per heavy atom. The number of likely N-dealkylation sites (tertiary alicyclic amines) is 2. The smallest absolute Gasteiger partial charge is 0.222 e. The highest BCUT2D eigenvalue weighted by Gasteiger charge is 2.45. The molecule has 2 bridgehead atoms. The molecule has 3 atom stereocenters. The van der Waals surface area contributed by atoms with Gasteiger partial charge in [-0.2, -0.15) is 0 Å². The standard InChI is InChI=1S/C23H37N3O2/c27-22-7-3-6-21-19-12-18(15-26(21)22)14-25(16-19)20-8-10-24(11-9-20)23(28)13-17-4-1-2-5-17/h17-21H,1-16H2/t18?,19?,21-/m1/s1. The van der Waals surface area contributed by atoms with Gasteiger partial charge in [0.15, 0.2) is 0 Å². The molecule has 0 spiro atoms. The summed E-state index contributed by atoms with van der Waals surface area (Å²) in [5, 5.41) is 0. The van der Waals surface area contributed by atoms with Crippen LogP contribution in [-0.4, -0.2) is 71.3 Å². The van der Waals surface area contributed by atoms with E-state index >= 15 is 0 Å². The summed E-state index contributed by atoms with van der Waals surface area (Å²) in [4.78, 5) is 32.1. The summed E-state index contributed by atoms with van der Waals surface area (Å²) in [6.07, 6.45) is 12.6. The minimum Gasteiger partial charge on any atom is -0.343 e. The van der Waals surface area contributed by atoms with Crippen LogP contribution in [0.15, 0.2) is 0 Å². The molecule has 156 valence electrons. The third-order valence-electron chi connectivity index (χ3n) is 8.48. The van der Waals surface area contributed by atoms with Crippen LogP contribution in [0.3, 0.4) is 0 Å². The SMILES string of the molecule is O=C(CC1CCCC1)N1CCC(N2CC3CC(C2)[C@H]2CCCC(=O)N2C3)CC1. The lowest BCUT2D eigenvalue weighted by Crippen LogP contribution is -2.62. The molecule has 4 aliphatic heterocycles. The second kappa shape index (κ2) is 7.97. The minimum atomic E-state index is 0.411. The van der Waals surface area contributed by atoms with Crippen LogP contribution in [0.1, 0.15) is 70.6 Å². The molecule has 2 amide bonds. The molecule has 4 heterocycles. The zero-order chi connectivity index (χ0) is 19.1. The molecule has 0 aromatic rings. The van der Waals surface area contributed by atoms with Crippen molar-refractivity contribution in [3.8, 4) is 0 Å². The summed E-state index contributed by atoms with van der Waals surface area (Å²) in [6.45, 7) is 5.24. The second-order valence-electron chi connectivity index (χ2n) is 10.3. The molecule has 0 aromatic carbocycles. The fourth-order valence-electron chi connectivity index (χ4n) is 7.02. The Bertz CT molecular complexity index is 595. The van der Waals surface area contributed by atoms with E-state index in [1.54, 1.807) is 0 Å². The third-order valence-corrected chi connectivity index (χ3v) is 8.48. The first-order valence-electron chi connectivity index (χ1n) is 12.0. The van der Waals surface area contributed by atoms with Crippen molar-refractivity contribution in [2.75, 3.05) is 32.7 Å². The first-order chi connectivity index (χ1) is 13.7. The van der Waals surface area contributed by atoms with Gasteiger partial charge in [0.1, 0.15) is 0 Å². The average Bonchev–Trinajstić information content (AvgIpc) is 3.22. The van der Waals surface area contributed by atoms with Crippen molar-refractivity contribution in [3.05, 3.63) is 0 Å². The van der Waals surface area contributed by atoms with Crippen LogP contribution in [0.25, 0.3) is 0 Å². The highest BCUT2D eigenvalue weighted by molar-refractivity contribution is 5.77. The van der Waals surface area contributed by atoms with Crippen LogP contribution >= 0.6 is 0 Å². The number of hydrogen-bond donors (Lipinski definition) is 0. The van der Waals surface area contributed by atoms with Crippen molar-refractivity contribution in [2.45, 2.75) is 82.7 Å². The predicted molar refractivity (Wildman–Crippen MR) is 109 cm³/mol. The first kappa shape index (κ1) is 18.9. The Labute approximate surface area is 169 Å². The normalized spacial score (nSPS) is 35.3. The Hall–Kier alpha value is -1.10. The van der Waals surface area contributed by atoms with Crippen LogP contribution in [0, 0.1) is 17.8 Å². The highest BCUT2D eigenvalue weighted by Crippen LogP contribution is 2.39. The number of carbonyl (C=O) groups is 2. The third kappa shape index (κ3) is 3.71. The van der Waals surface area contributed by atoms with Crippen molar-refractivity contribution in [2.24, 2.45) is 17.8 Å². The molecule has 1 aliphatic carbocycles.